The van der Waals surface area contributed by atoms with E-state index in [2.05, 4.69) is 17.2 Å². The first-order valence-corrected chi connectivity index (χ1v) is 5.63. The summed E-state index contributed by atoms with van der Waals surface area (Å²) in [6.45, 7) is 5.93. The molecular weight excluding hydrogens is 240 g/mol. The molecule has 7 heteroatoms. The highest BCUT2D eigenvalue weighted by molar-refractivity contribution is 5.82. The molecule has 0 aliphatic rings. The molecule has 0 heterocycles. The van der Waals surface area contributed by atoms with E-state index in [1.807, 2.05) is 0 Å². The second kappa shape index (κ2) is 9.43. The number of aliphatic carboxylic acids is 1. The van der Waals surface area contributed by atoms with Crippen molar-refractivity contribution in [3.8, 4) is 0 Å². The zero-order valence-electron chi connectivity index (χ0n) is 10.4. The van der Waals surface area contributed by atoms with Crippen LogP contribution in [0.3, 0.4) is 0 Å². The molecule has 4 N–H and O–H groups in total. The van der Waals surface area contributed by atoms with Crippen LogP contribution < -0.4 is 10.6 Å². The third kappa shape index (κ3) is 7.64. The number of nitrogens with one attached hydrogen (secondary N) is 2. The van der Waals surface area contributed by atoms with Crippen LogP contribution in [0.2, 0.25) is 0 Å². The second-order valence-electron chi connectivity index (χ2n) is 3.65. The van der Waals surface area contributed by atoms with Gasteiger partial charge in [-0.3, -0.25) is 0 Å². The van der Waals surface area contributed by atoms with Gasteiger partial charge >= 0.3 is 12.0 Å². The lowest BCUT2D eigenvalue weighted by Gasteiger charge is -2.17. The van der Waals surface area contributed by atoms with Crippen molar-refractivity contribution >= 4 is 12.0 Å². The van der Waals surface area contributed by atoms with Crippen molar-refractivity contribution in [3.63, 3.8) is 0 Å². The molecule has 7 nitrogen and oxygen atoms in total. The van der Waals surface area contributed by atoms with Crippen LogP contribution in [0.25, 0.3) is 0 Å². The molecule has 0 aromatic carbocycles. The summed E-state index contributed by atoms with van der Waals surface area (Å²) in [6, 6.07) is -1.98. The Morgan fingerprint density at radius 3 is 2.61 bits per heavy atom. The van der Waals surface area contributed by atoms with E-state index in [9.17, 15) is 9.59 Å². The normalized spacial score (nSPS) is 13.4. The summed E-state index contributed by atoms with van der Waals surface area (Å²) in [5.74, 6) is -1.29. The van der Waals surface area contributed by atoms with Crippen LogP contribution >= 0.6 is 0 Å². The Morgan fingerprint density at radius 1 is 1.44 bits per heavy atom. The van der Waals surface area contributed by atoms with Crippen molar-refractivity contribution in [1.29, 1.82) is 0 Å². The zero-order chi connectivity index (χ0) is 14.0. The monoisotopic (exact) mass is 260 g/mol. The average molecular weight is 260 g/mol. The summed E-state index contributed by atoms with van der Waals surface area (Å²) in [4.78, 5) is 22.0. The van der Waals surface area contributed by atoms with E-state index in [4.69, 9.17) is 14.9 Å². The number of urea groups is 1. The fourth-order valence-electron chi connectivity index (χ4n) is 1.09. The van der Waals surface area contributed by atoms with Gasteiger partial charge in [-0.1, -0.05) is 6.08 Å². The summed E-state index contributed by atoms with van der Waals surface area (Å²) in [6.07, 6.45) is 1.28. The molecule has 2 amide bonds. The molecule has 0 aromatic heterocycles. The SMILES string of the molecule is C=CCCOCCNC(=O)NC(C(=O)O)C(C)O. The molecule has 104 valence electrons. The molecule has 0 bridgehead atoms. The minimum absolute atomic E-state index is 0.259. The van der Waals surface area contributed by atoms with Crippen molar-refractivity contribution < 1.29 is 24.5 Å². The van der Waals surface area contributed by atoms with Crippen molar-refractivity contribution in [2.24, 2.45) is 0 Å². The van der Waals surface area contributed by atoms with Crippen molar-refractivity contribution in [1.82, 2.24) is 10.6 Å². The van der Waals surface area contributed by atoms with Crippen molar-refractivity contribution in [3.05, 3.63) is 12.7 Å². The lowest BCUT2D eigenvalue weighted by molar-refractivity contribution is -0.141. The number of carbonyl (C=O) groups excluding carboxylic acids is 1. The minimum Gasteiger partial charge on any atom is -0.480 e. The number of rotatable bonds is 9. The first-order chi connectivity index (χ1) is 8.49. The van der Waals surface area contributed by atoms with E-state index < -0.39 is 24.1 Å². The molecule has 0 saturated carbocycles. The summed E-state index contributed by atoms with van der Waals surface area (Å²) >= 11 is 0. The van der Waals surface area contributed by atoms with Gasteiger partial charge < -0.3 is 25.6 Å². The zero-order valence-corrected chi connectivity index (χ0v) is 10.4. The number of aliphatic hydroxyl groups excluding tert-OH is 1. The summed E-state index contributed by atoms with van der Waals surface area (Å²) < 4.78 is 5.14. The molecule has 0 spiro atoms. The van der Waals surface area contributed by atoms with Gasteiger partial charge in [0.1, 0.15) is 0 Å². The van der Waals surface area contributed by atoms with Crippen LogP contribution in [0.5, 0.6) is 0 Å². The van der Waals surface area contributed by atoms with E-state index >= 15 is 0 Å². The molecule has 0 aromatic rings. The summed E-state index contributed by atoms with van der Waals surface area (Å²) in [5, 5.41) is 22.4. The predicted octanol–water partition coefficient (Wildman–Crippen LogP) is -0.288. The Balaban J connectivity index is 3.75. The average Bonchev–Trinajstić information content (AvgIpc) is 2.29. The minimum atomic E-state index is -1.33. The van der Waals surface area contributed by atoms with E-state index in [0.717, 1.165) is 6.42 Å². The first-order valence-electron chi connectivity index (χ1n) is 5.63. The second-order valence-corrected chi connectivity index (χ2v) is 3.65. The highest BCUT2D eigenvalue weighted by Crippen LogP contribution is 1.92. The van der Waals surface area contributed by atoms with Gasteiger partial charge in [0.2, 0.25) is 0 Å². The van der Waals surface area contributed by atoms with Gasteiger partial charge in [0, 0.05) is 6.54 Å². The van der Waals surface area contributed by atoms with Crippen LogP contribution in [0.1, 0.15) is 13.3 Å². The summed E-state index contributed by atoms with van der Waals surface area (Å²) in [5.41, 5.74) is 0. The quantitative estimate of drug-likeness (QED) is 0.336. The topological polar surface area (TPSA) is 108 Å². The number of hydrogen-bond donors (Lipinski definition) is 4. The molecular formula is C11H20N2O5. The Labute approximate surface area is 106 Å². The maximum atomic E-state index is 11.3. The van der Waals surface area contributed by atoms with Gasteiger partial charge in [-0.05, 0) is 13.3 Å². The molecule has 0 fully saturated rings. The summed E-state index contributed by atoms with van der Waals surface area (Å²) in [7, 11) is 0. The van der Waals surface area contributed by atoms with E-state index in [-0.39, 0.29) is 6.54 Å². The largest absolute Gasteiger partial charge is 0.480 e. The molecule has 0 aliphatic carbocycles. The molecule has 0 rings (SSSR count). The molecule has 0 aliphatic heterocycles. The Bertz CT molecular complexity index is 281. The number of aliphatic hydroxyl groups is 1. The van der Waals surface area contributed by atoms with Crippen LogP contribution in [0.4, 0.5) is 4.79 Å². The van der Waals surface area contributed by atoms with Crippen LogP contribution in [-0.2, 0) is 9.53 Å². The Kier molecular flexibility index (Phi) is 8.59. The molecule has 18 heavy (non-hydrogen) atoms. The highest BCUT2D eigenvalue weighted by atomic mass is 16.5. The van der Waals surface area contributed by atoms with Crippen molar-refractivity contribution in [2.45, 2.75) is 25.5 Å². The van der Waals surface area contributed by atoms with Gasteiger partial charge in [0.15, 0.2) is 6.04 Å². The fraction of sp³-hybridized carbons (Fsp3) is 0.636. The van der Waals surface area contributed by atoms with Crippen molar-refractivity contribution in [2.75, 3.05) is 19.8 Å². The Hall–Kier alpha value is -1.60. The first kappa shape index (κ1) is 16.4. The predicted molar refractivity (Wildman–Crippen MR) is 65.3 cm³/mol. The number of hydrogen-bond acceptors (Lipinski definition) is 4. The number of amides is 2. The molecule has 2 unspecified atom stereocenters. The van der Waals surface area contributed by atoms with Crippen LogP contribution in [0, 0.1) is 0 Å². The van der Waals surface area contributed by atoms with Crippen LogP contribution in [0.15, 0.2) is 12.7 Å². The number of ether oxygens (including phenoxy) is 1. The maximum absolute atomic E-state index is 11.3. The van der Waals surface area contributed by atoms with Crippen LogP contribution in [-0.4, -0.2) is 54.1 Å². The van der Waals surface area contributed by atoms with E-state index in [1.54, 1.807) is 6.08 Å². The van der Waals surface area contributed by atoms with Gasteiger partial charge in [-0.25, -0.2) is 9.59 Å². The number of carboxylic acids is 1. The van der Waals surface area contributed by atoms with E-state index in [1.165, 1.54) is 6.92 Å². The lowest BCUT2D eigenvalue weighted by Crippen LogP contribution is -2.51. The number of carbonyl (C=O) groups is 2. The lowest BCUT2D eigenvalue weighted by atomic mass is 10.2. The van der Waals surface area contributed by atoms with Gasteiger partial charge in [0.05, 0.1) is 19.3 Å². The van der Waals surface area contributed by atoms with E-state index in [0.29, 0.717) is 13.2 Å². The highest BCUT2D eigenvalue weighted by Gasteiger charge is 2.24. The standard InChI is InChI=1S/C11H20N2O5/c1-3-4-6-18-7-5-12-11(17)13-9(8(2)14)10(15)16/h3,8-9,14H,1,4-7H2,2H3,(H,15,16)(H2,12,13,17). The smallest absolute Gasteiger partial charge is 0.328 e. The fourth-order valence-corrected chi connectivity index (χ4v) is 1.09. The molecule has 0 radical (unpaired) electrons. The van der Waals surface area contributed by atoms with Gasteiger partial charge in [-0.15, -0.1) is 6.58 Å². The maximum Gasteiger partial charge on any atom is 0.328 e. The third-order valence-corrected chi connectivity index (χ3v) is 2.03. The van der Waals surface area contributed by atoms with Gasteiger partial charge in [-0.2, -0.15) is 0 Å². The number of carboxylic acid groups (broad SMARTS) is 1. The van der Waals surface area contributed by atoms with Gasteiger partial charge in [0.25, 0.3) is 0 Å². The third-order valence-electron chi connectivity index (χ3n) is 2.03. The Morgan fingerprint density at radius 2 is 2.11 bits per heavy atom. The molecule has 2 atom stereocenters. The molecule has 0 saturated heterocycles.